The predicted molar refractivity (Wildman–Crippen MR) is 95.2 cm³/mol. The molecule has 0 bridgehead atoms. The van der Waals surface area contributed by atoms with Gasteiger partial charge >= 0.3 is 0 Å². The third-order valence-corrected chi connectivity index (χ3v) is 6.43. The number of aliphatic hydroxyl groups is 1. The molecule has 1 saturated heterocycles. The lowest BCUT2D eigenvalue weighted by molar-refractivity contribution is -0.0850. The number of rotatable bonds is 4. The van der Waals surface area contributed by atoms with Gasteiger partial charge in [0.1, 0.15) is 0 Å². The highest BCUT2D eigenvalue weighted by molar-refractivity contribution is 4.98. The second kappa shape index (κ2) is 8.48. The summed E-state index contributed by atoms with van der Waals surface area (Å²) in [6.07, 6.45) is 20.0. The molecule has 1 N–H and O–H groups in total. The van der Waals surface area contributed by atoms with Crippen LogP contribution in [0, 0.1) is 23.7 Å². The molecule has 0 aromatic heterocycles. The maximum absolute atomic E-state index is 9.55. The van der Waals surface area contributed by atoms with Crippen molar-refractivity contribution >= 4 is 0 Å². The van der Waals surface area contributed by atoms with Gasteiger partial charge in [-0.2, -0.15) is 0 Å². The molecule has 130 valence electrons. The van der Waals surface area contributed by atoms with E-state index < -0.39 is 0 Å². The Morgan fingerprint density at radius 3 is 1.83 bits per heavy atom. The van der Waals surface area contributed by atoms with Crippen molar-refractivity contribution in [2.45, 2.75) is 76.4 Å². The fourth-order valence-electron chi connectivity index (χ4n) is 4.73. The molecule has 2 heteroatoms. The number of hydrogen-bond acceptors (Lipinski definition) is 2. The fourth-order valence-corrected chi connectivity index (χ4v) is 4.73. The largest absolute Gasteiger partial charge is 0.391 e. The average molecular weight is 319 g/mol. The molecule has 0 spiro atoms. The highest BCUT2D eigenvalue weighted by atomic mass is 16.5. The van der Waals surface area contributed by atoms with Gasteiger partial charge in [-0.1, -0.05) is 18.2 Å². The highest BCUT2D eigenvalue weighted by Gasteiger charge is 2.30. The second-order valence-corrected chi connectivity index (χ2v) is 8.07. The molecule has 0 aromatic rings. The van der Waals surface area contributed by atoms with Crippen LogP contribution in [0.2, 0.25) is 0 Å². The van der Waals surface area contributed by atoms with Gasteiger partial charge in [0.05, 0.1) is 18.8 Å². The van der Waals surface area contributed by atoms with Crippen LogP contribution in [0.1, 0.15) is 64.2 Å². The van der Waals surface area contributed by atoms with Crippen molar-refractivity contribution in [1.29, 1.82) is 0 Å². The van der Waals surface area contributed by atoms with Crippen molar-refractivity contribution in [3.8, 4) is 0 Å². The minimum atomic E-state index is -0.221. The second-order valence-electron chi connectivity index (χ2n) is 8.07. The topological polar surface area (TPSA) is 29.5 Å². The zero-order chi connectivity index (χ0) is 16.1. The first-order chi connectivity index (χ1) is 11.2. The minimum Gasteiger partial charge on any atom is -0.391 e. The van der Waals surface area contributed by atoms with E-state index in [0.717, 1.165) is 36.5 Å². The van der Waals surface area contributed by atoms with E-state index in [2.05, 4.69) is 24.8 Å². The molecular formula is C21H34O2. The van der Waals surface area contributed by atoms with Crippen LogP contribution in [0.15, 0.2) is 24.8 Å². The fraction of sp³-hybridized carbons (Fsp3) is 0.810. The molecule has 1 aliphatic heterocycles. The summed E-state index contributed by atoms with van der Waals surface area (Å²) in [6.45, 7) is 4.49. The molecule has 2 atom stereocenters. The van der Waals surface area contributed by atoms with Crippen LogP contribution >= 0.6 is 0 Å². The van der Waals surface area contributed by atoms with Gasteiger partial charge in [0.2, 0.25) is 0 Å². The van der Waals surface area contributed by atoms with Crippen molar-refractivity contribution in [2.75, 3.05) is 6.61 Å². The zero-order valence-electron chi connectivity index (χ0n) is 14.5. The summed E-state index contributed by atoms with van der Waals surface area (Å²) < 4.78 is 5.86. The molecule has 3 aliphatic rings. The van der Waals surface area contributed by atoms with Crippen LogP contribution in [0.4, 0.5) is 0 Å². The molecule has 2 unspecified atom stereocenters. The van der Waals surface area contributed by atoms with Crippen LogP contribution in [0.5, 0.6) is 0 Å². The number of allylic oxidation sites excluding steroid dienone is 3. The molecule has 2 nitrogen and oxygen atoms in total. The monoisotopic (exact) mass is 318 g/mol. The summed E-state index contributed by atoms with van der Waals surface area (Å²) >= 11 is 0. The first-order valence-corrected chi connectivity index (χ1v) is 9.85. The van der Waals surface area contributed by atoms with Gasteiger partial charge in [-0.15, -0.1) is 6.58 Å². The molecule has 3 rings (SSSR count). The van der Waals surface area contributed by atoms with Crippen LogP contribution in [-0.4, -0.2) is 23.9 Å². The number of hydrogen-bond donors (Lipinski definition) is 1. The molecule has 23 heavy (non-hydrogen) atoms. The third kappa shape index (κ3) is 4.93. The zero-order valence-corrected chi connectivity index (χ0v) is 14.5. The Morgan fingerprint density at radius 2 is 1.30 bits per heavy atom. The summed E-state index contributed by atoms with van der Waals surface area (Å²) in [4.78, 5) is 0. The Kier molecular flexibility index (Phi) is 6.36. The predicted octanol–water partition coefficient (Wildman–Crippen LogP) is 4.88. The van der Waals surface area contributed by atoms with Crippen LogP contribution in [-0.2, 0) is 4.74 Å². The van der Waals surface area contributed by atoms with Gasteiger partial charge in [0.25, 0.3) is 0 Å². The van der Waals surface area contributed by atoms with Crippen molar-refractivity contribution < 1.29 is 9.84 Å². The molecular weight excluding hydrogens is 284 g/mol. The van der Waals surface area contributed by atoms with Crippen molar-refractivity contribution in [1.82, 2.24) is 0 Å². The molecule has 2 aliphatic carbocycles. The van der Waals surface area contributed by atoms with E-state index in [0.29, 0.717) is 12.7 Å². The highest BCUT2D eigenvalue weighted by Crippen LogP contribution is 2.36. The van der Waals surface area contributed by atoms with Crippen LogP contribution < -0.4 is 0 Å². The summed E-state index contributed by atoms with van der Waals surface area (Å²) in [5.74, 6) is 3.10. The van der Waals surface area contributed by atoms with Crippen molar-refractivity contribution in [3.63, 3.8) is 0 Å². The Morgan fingerprint density at radius 1 is 0.739 bits per heavy atom. The lowest BCUT2D eigenvalue weighted by Crippen LogP contribution is -2.35. The minimum absolute atomic E-state index is 0.221. The maximum Gasteiger partial charge on any atom is 0.0774 e. The van der Waals surface area contributed by atoms with Gasteiger partial charge in [-0.05, 0) is 87.9 Å². The van der Waals surface area contributed by atoms with Crippen LogP contribution in [0.25, 0.3) is 0 Å². The molecule has 0 radical (unpaired) electrons. The standard InChI is InChI=1S/C21H34O2/c1-2-16-3-5-17(6-4-16)7-8-18-9-11-19(12-10-18)21-14-13-20(22)15-23-21/h2,7-8,16-22H,1,3-6,9-15H2/b8-7+. The Bertz CT molecular complexity index is 379. The normalized spacial score (nSPS) is 42.7. The van der Waals surface area contributed by atoms with Gasteiger partial charge in [0, 0.05) is 0 Å². The lowest BCUT2D eigenvalue weighted by Gasteiger charge is -2.36. The summed E-state index contributed by atoms with van der Waals surface area (Å²) in [6, 6.07) is 0. The van der Waals surface area contributed by atoms with E-state index in [9.17, 15) is 5.11 Å². The van der Waals surface area contributed by atoms with E-state index in [1.165, 1.54) is 51.4 Å². The van der Waals surface area contributed by atoms with Gasteiger partial charge in [-0.25, -0.2) is 0 Å². The van der Waals surface area contributed by atoms with Gasteiger partial charge in [0.15, 0.2) is 0 Å². The molecule has 2 saturated carbocycles. The van der Waals surface area contributed by atoms with E-state index in [4.69, 9.17) is 4.74 Å². The summed E-state index contributed by atoms with van der Waals surface area (Å²) in [5.41, 5.74) is 0. The van der Waals surface area contributed by atoms with E-state index in [1.54, 1.807) is 0 Å². The maximum atomic E-state index is 9.55. The summed E-state index contributed by atoms with van der Waals surface area (Å²) in [7, 11) is 0. The Labute approximate surface area is 142 Å². The van der Waals surface area contributed by atoms with Crippen molar-refractivity contribution in [3.05, 3.63) is 24.8 Å². The lowest BCUT2D eigenvalue weighted by atomic mass is 9.76. The first kappa shape index (κ1) is 17.2. The smallest absolute Gasteiger partial charge is 0.0774 e. The SMILES string of the molecule is C=CC1CCC(/C=C/C2CCC(C3CCC(O)CO3)CC2)CC1. The van der Waals surface area contributed by atoms with E-state index in [-0.39, 0.29) is 6.10 Å². The van der Waals surface area contributed by atoms with E-state index >= 15 is 0 Å². The first-order valence-electron chi connectivity index (χ1n) is 9.85. The van der Waals surface area contributed by atoms with Gasteiger partial charge in [-0.3, -0.25) is 0 Å². The number of ether oxygens (including phenoxy) is 1. The molecule has 3 fully saturated rings. The Balaban J connectivity index is 1.37. The quantitative estimate of drug-likeness (QED) is 0.748. The molecule has 0 aromatic carbocycles. The van der Waals surface area contributed by atoms with Gasteiger partial charge < -0.3 is 9.84 Å². The van der Waals surface area contributed by atoms with Crippen LogP contribution in [0.3, 0.4) is 0 Å². The molecule has 1 heterocycles. The number of aliphatic hydroxyl groups excluding tert-OH is 1. The third-order valence-electron chi connectivity index (χ3n) is 6.43. The Hall–Kier alpha value is -0.600. The molecule has 0 amide bonds. The van der Waals surface area contributed by atoms with Crippen molar-refractivity contribution in [2.24, 2.45) is 23.7 Å². The van der Waals surface area contributed by atoms with E-state index in [1.807, 2.05) is 0 Å². The summed E-state index contributed by atoms with van der Waals surface area (Å²) in [5, 5.41) is 9.55. The average Bonchev–Trinajstić information content (AvgIpc) is 2.61.